The predicted octanol–water partition coefficient (Wildman–Crippen LogP) is 2.60. The Morgan fingerprint density at radius 1 is 1.48 bits per heavy atom. The van der Waals surface area contributed by atoms with E-state index < -0.39 is 12.0 Å². The molecule has 0 aromatic heterocycles. The van der Waals surface area contributed by atoms with Gasteiger partial charge in [0.2, 0.25) is 5.91 Å². The van der Waals surface area contributed by atoms with Crippen LogP contribution in [-0.4, -0.2) is 41.1 Å². The molecule has 0 aliphatic carbocycles. The molecule has 1 N–H and O–H groups in total. The maximum atomic E-state index is 12.1. The minimum Gasteiger partial charge on any atom is -0.492 e. The molecule has 1 atom stereocenters. The fraction of sp³-hybridized carbons (Fsp3) is 0.467. The normalized spacial score (nSPS) is 17.8. The van der Waals surface area contributed by atoms with Crippen LogP contribution in [0.2, 0.25) is 0 Å². The summed E-state index contributed by atoms with van der Waals surface area (Å²) < 4.78 is 6.42. The molecule has 1 fully saturated rings. The van der Waals surface area contributed by atoms with E-state index in [0.29, 0.717) is 18.7 Å². The lowest BCUT2D eigenvalue weighted by molar-refractivity contribution is -0.148. The predicted molar refractivity (Wildman–Crippen MR) is 81.4 cm³/mol. The zero-order valence-electron chi connectivity index (χ0n) is 11.8. The van der Waals surface area contributed by atoms with Crippen LogP contribution in [-0.2, 0) is 9.59 Å². The SMILES string of the molecule is Cc1ccc(OCCC(=O)N2CCCC2C(=O)O)c(Br)c1. The van der Waals surface area contributed by atoms with Crippen LogP contribution in [0, 0.1) is 6.92 Å². The van der Waals surface area contributed by atoms with Crippen molar-refractivity contribution in [3.63, 3.8) is 0 Å². The number of likely N-dealkylation sites (tertiary alicyclic amines) is 1. The Morgan fingerprint density at radius 2 is 2.24 bits per heavy atom. The first-order valence-corrected chi connectivity index (χ1v) is 7.69. The molecule has 1 aliphatic heterocycles. The summed E-state index contributed by atoms with van der Waals surface area (Å²) in [6.07, 6.45) is 1.46. The molecule has 1 aromatic rings. The van der Waals surface area contributed by atoms with Crippen molar-refractivity contribution in [2.75, 3.05) is 13.2 Å². The Bertz CT molecular complexity index is 546. The number of amides is 1. The topological polar surface area (TPSA) is 66.8 Å². The molecular weight excluding hydrogens is 338 g/mol. The average molecular weight is 356 g/mol. The molecule has 1 heterocycles. The lowest BCUT2D eigenvalue weighted by Crippen LogP contribution is -2.40. The third kappa shape index (κ3) is 3.97. The second-order valence-electron chi connectivity index (χ2n) is 5.12. The van der Waals surface area contributed by atoms with Crippen molar-refractivity contribution in [2.45, 2.75) is 32.2 Å². The highest BCUT2D eigenvalue weighted by Crippen LogP contribution is 2.26. The van der Waals surface area contributed by atoms with Gasteiger partial charge in [0.1, 0.15) is 11.8 Å². The van der Waals surface area contributed by atoms with Crippen molar-refractivity contribution in [3.8, 4) is 5.75 Å². The van der Waals surface area contributed by atoms with Gasteiger partial charge in [-0.15, -0.1) is 0 Å². The zero-order valence-corrected chi connectivity index (χ0v) is 13.4. The Labute approximate surface area is 132 Å². The highest BCUT2D eigenvalue weighted by Gasteiger charge is 2.33. The number of hydrogen-bond acceptors (Lipinski definition) is 3. The van der Waals surface area contributed by atoms with Gasteiger partial charge in [-0.1, -0.05) is 6.07 Å². The summed E-state index contributed by atoms with van der Waals surface area (Å²) in [7, 11) is 0. The number of hydrogen-bond donors (Lipinski definition) is 1. The third-order valence-electron chi connectivity index (χ3n) is 3.52. The quantitative estimate of drug-likeness (QED) is 0.881. The summed E-state index contributed by atoms with van der Waals surface area (Å²) in [5.41, 5.74) is 1.12. The Morgan fingerprint density at radius 3 is 2.90 bits per heavy atom. The van der Waals surface area contributed by atoms with E-state index in [-0.39, 0.29) is 18.9 Å². The van der Waals surface area contributed by atoms with E-state index in [2.05, 4.69) is 15.9 Å². The van der Waals surface area contributed by atoms with Crippen LogP contribution in [0.25, 0.3) is 0 Å². The van der Waals surface area contributed by atoms with Gasteiger partial charge in [-0.2, -0.15) is 0 Å². The number of aryl methyl sites for hydroxylation is 1. The summed E-state index contributed by atoms with van der Waals surface area (Å²) >= 11 is 3.41. The first-order valence-electron chi connectivity index (χ1n) is 6.90. The smallest absolute Gasteiger partial charge is 0.326 e. The molecule has 114 valence electrons. The second-order valence-corrected chi connectivity index (χ2v) is 5.97. The van der Waals surface area contributed by atoms with Crippen LogP contribution in [0.3, 0.4) is 0 Å². The Balaban J connectivity index is 1.85. The van der Waals surface area contributed by atoms with E-state index in [9.17, 15) is 9.59 Å². The maximum absolute atomic E-state index is 12.1. The van der Waals surface area contributed by atoms with Gasteiger partial charge in [-0.25, -0.2) is 4.79 Å². The van der Waals surface area contributed by atoms with Gasteiger partial charge in [0.25, 0.3) is 0 Å². The van der Waals surface area contributed by atoms with Crippen molar-refractivity contribution in [1.29, 1.82) is 0 Å². The first-order chi connectivity index (χ1) is 9.99. The van der Waals surface area contributed by atoms with Crippen molar-refractivity contribution < 1.29 is 19.4 Å². The van der Waals surface area contributed by atoms with Gasteiger partial charge in [0.15, 0.2) is 0 Å². The van der Waals surface area contributed by atoms with Crippen molar-refractivity contribution in [1.82, 2.24) is 4.90 Å². The van der Waals surface area contributed by atoms with E-state index in [1.54, 1.807) is 0 Å². The van der Waals surface area contributed by atoms with Gasteiger partial charge < -0.3 is 14.7 Å². The largest absolute Gasteiger partial charge is 0.492 e. The lowest BCUT2D eigenvalue weighted by Gasteiger charge is -2.21. The highest BCUT2D eigenvalue weighted by molar-refractivity contribution is 9.10. The maximum Gasteiger partial charge on any atom is 0.326 e. The number of carboxylic acid groups (broad SMARTS) is 1. The molecule has 5 nitrogen and oxygen atoms in total. The molecule has 1 aliphatic rings. The number of benzene rings is 1. The summed E-state index contributed by atoms with van der Waals surface area (Å²) in [6.45, 7) is 2.74. The molecule has 1 saturated heterocycles. The highest BCUT2D eigenvalue weighted by atomic mass is 79.9. The molecular formula is C15H18BrNO4. The van der Waals surface area contributed by atoms with Crippen LogP contribution in [0.1, 0.15) is 24.8 Å². The van der Waals surface area contributed by atoms with Crippen molar-refractivity contribution >= 4 is 27.8 Å². The first kappa shape index (κ1) is 15.8. The number of rotatable bonds is 5. The average Bonchev–Trinajstić information content (AvgIpc) is 2.90. The summed E-state index contributed by atoms with van der Waals surface area (Å²) in [4.78, 5) is 24.6. The molecule has 2 rings (SSSR count). The number of nitrogens with zero attached hydrogens (tertiary/aromatic N) is 1. The molecule has 1 unspecified atom stereocenters. The van der Waals surface area contributed by atoms with Gasteiger partial charge in [0, 0.05) is 6.54 Å². The molecule has 0 radical (unpaired) electrons. The standard InChI is InChI=1S/C15H18BrNO4/c1-10-4-5-13(11(16)9-10)21-8-6-14(18)17-7-2-3-12(17)15(19)20/h4-5,9,12H,2-3,6-8H2,1H3,(H,19,20). The number of aliphatic carboxylic acids is 1. The van der Waals surface area contributed by atoms with Crippen LogP contribution >= 0.6 is 15.9 Å². The lowest BCUT2D eigenvalue weighted by atomic mass is 10.2. The summed E-state index contributed by atoms with van der Waals surface area (Å²) in [6, 6.07) is 5.05. The fourth-order valence-corrected chi connectivity index (χ4v) is 3.04. The molecule has 1 aromatic carbocycles. The molecule has 0 spiro atoms. The van der Waals surface area contributed by atoms with Crippen LogP contribution in [0.4, 0.5) is 0 Å². The van der Waals surface area contributed by atoms with Crippen LogP contribution in [0.15, 0.2) is 22.7 Å². The molecule has 0 bridgehead atoms. The van der Waals surface area contributed by atoms with Crippen molar-refractivity contribution in [3.05, 3.63) is 28.2 Å². The van der Waals surface area contributed by atoms with Crippen LogP contribution in [0.5, 0.6) is 5.75 Å². The minimum atomic E-state index is -0.928. The van der Waals surface area contributed by atoms with Gasteiger partial charge in [-0.05, 0) is 53.4 Å². The Hall–Kier alpha value is -1.56. The number of carbonyl (C=O) groups is 2. The monoisotopic (exact) mass is 355 g/mol. The summed E-state index contributed by atoms with van der Waals surface area (Å²) in [5, 5.41) is 9.07. The van der Waals surface area contributed by atoms with E-state index >= 15 is 0 Å². The number of carbonyl (C=O) groups excluding carboxylic acids is 1. The third-order valence-corrected chi connectivity index (χ3v) is 4.14. The zero-order chi connectivity index (χ0) is 15.4. The number of halogens is 1. The van der Waals surface area contributed by atoms with E-state index in [0.717, 1.165) is 16.5 Å². The van der Waals surface area contributed by atoms with Gasteiger partial charge >= 0.3 is 5.97 Å². The van der Waals surface area contributed by atoms with E-state index in [1.165, 1.54) is 4.90 Å². The molecule has 21 heavy (non-hydrogen) atoms. The number of carboxylic acids is 1. The molecule has 0 saturated carbocycles. The van der Waals surface area contributed by atoms with Crippen molar-refractivity contribution in [2.24, 2.45) is 0 Å². The minimum absolute atomic E-state index is 0.164. The van der Waals surface area contributed by atoms with E-state index in [4.69, 9.17) is 9.84 Å². The second kappa shape index (κ2) is 6.93. The van der Waals surface area contributed by atoms with E-state index in [1.807, 2.05) is 25.1 Å². The Kier molecular flexibility index (Phi) is 5.22. The summed E-state index contributed by atoms with van der Waals surface area (Å²) in [5.74, 6) is -0.407. The molecule has 6 heteroatoms. The fourth-order valence-electron chi connectivity index (χ4n) is 2.44. The van der Waals surface area contributed by atoms with Crippen LogP contribution < -0.4 is 4.74 Å². The van der Waals surface area contributed by atoms with Gasteiger partial charge in [0.05, 0.1) is 17.5 Å². The number of ether oxygens (including phenoxy) is 1. The molecule has 1 amide bonds. The van der Waals surface area contributed by atoms with Gasteiger partial charge in [-0.3, -0.25) is 4.79 Å².